The monoisotopic (exact) mass is 300 g/mol. The third kappa shape index (κ3) is 2.71. The number of likely N-dealkylation sites (tertiary alicyclic amines) is 1. The number of unbranched alkanes of at least 4 members (excludes halogenated alkanes) is 1. The van der Waals surface area contributed by atoms with Gasteiger partial charge in [0.15, 0.2) is 0 Å². The summed E-state index contributed by atoms with van der Waals surface area (Å²) in [6.07, 6.45) is 14.0. The molecular formula is C20H32N2. The number of piperidine rings is 1. The molecule has 0 aromatic carbocycles. The van der Waals surface area contributed by atoms with Crippen molar-refractivity contribution in [2.24, 2.45) is 35.5 Å². The van der Waals surface area contributed by atoms with E-state index in [-0.39, 0.29) is 0 Å². The molecule has 1 heterocycles. The van der Waals surface area contributed by atoms with Gasteiger partial charge in [-0.1, -0.05) is 19.3 Å². The van der Waals surface area contributed by atoms with Crippen LogP contribution in [-0.4, -0.2) is 24.5 Å². The smallest absolute Gasteiger partial charge is 0.0622 e. The van der Waals surface area contributed by atoms with Crippen LogP contribution in [-0.2, 0) is 0 Å². The average Bonchev–Trinajstić information content (AvgIpc) is 2.94. The van der Waals surface area contributed by atoms with E-state index < -0.39 is 0 Å². The molecule has 0 aromatic rings. The van der Waals surface area contributed by atoms with Gasteiger partial charge in [0.25, 0.3) is 0 Å². The van der Waals surface area contributed by atoms with Gasteiger partial charge in [0.1, 0.15) is 0 Å². The Morgan fingerprint density at radius 3 is 2.68 bits per heavy atom. The minimum absolute atomic E-state index is 0.737. The molecule has 4 aliphatic rings. The van der Waals surface area contributed by atoms with Crippen LogP contribution in [0, 0.1) is 46.8 Å². The molecule has 0 N–H and O–H groups in total. The molecule has 6 unspecified atom stereocenters. The van der Waals surface area contributed by atoms with Gasteiger partial charge in [-0.05, 0) is 87.1 Å². The van der Waals surface area contributed by atoms with E-state index >= 15 is 0 Å². The van der Waals surface area contributed by atoms with Crippen molar-refractivity contribution >= 4 is 0 Å². The van der Waals surface area contributed by atoms with Crippen molar-refractivity contribution in [3.05, 3.63) is 0 Å². The van der Waals surface area contributed by atoms with Crippen LogP contribution in [0.2, 0.25) is 0 Å². The Hall–Kier alpha value is -0.550. The normalized spacial score (nSPS) is 44.7. The molecule has 6 atom stereocenters. The van der Waals surface area contributed by atoms with E-state index in [1.165, 1.54) is 45.3 Å². The first-order chi connectivity index (χ1) is 10.9. The van der Waals surface area contributed by atoms with Crippen molar-refractivity contribution in [1.29, 1.82) is 5.26 Å². The van der Waals surface area contributed by atoms with E-state index in [9.17, 15) is 0 Å². The van der Waals surface area contributed by atoms with E-state index in [1.54, 1.807) is 25.7 Å². The molecule has 0 spiro atoms. The van der Waals surface area contributed by atoms with Crippen LogP contribution in [0.5, 0.6) is 0 Å². The summed E-state index contributed by atoms with van der Waals surface area (Å²) in [5, 5.41) is 8.76. The Bertz CT molecular complexity index is 426. The SMILES string of the molecule is N#CCCCN1CCC2CCC3C4CCCCC4CC3C2C1. The zero-order valence-electron chi connectivity index (χ0n) is 14.1. The van der Waals surface area contributed by atoms with E-state index in [4.69, 9.17) is 5.26 Å². The summed E-state index contributed by atoms with van der Waals surface area (Å²) in [4.78, 5) is 2.70. The second kappa shape index (κ2) is 6.52. The molecule has 0 bridgehead atoms. The average molecular weight is 300 g/mol. The summed E-state index contributed by atoms with van der Waals surface area (Å²) in [5.74, 6) is 6.38. The fraction of sp³-hybridized carbons (Fsp3) is 0.950. The van der Waals surface area contributed by atoms with Crippen LogP contribution in [0.4, 0.5) is 0 Å². The van der Waals surface area contributed by atoms with E-state index in [1.807, 2.05) is 0 Å². The second-order valence-electron chi connectivity index (χ2n) is 8.62. The topological polar surface area (TPSA) is 27.0 Å². The van der Waals surface area contributed by atoms with Crippen molar-refractivity contribution in [3.8, 4) is 6.07 Å². The largest absolute Gasteiger partial charge is 0.303 e. The highest BCUT2D eigenvalue weighted by Crippen LogP contribution is 2.58. The molecular weight excluding hydrogens is 268 g/mol. The quantitative estimate of drug-likeness (QED) is 0.719. The summed E-state index contributed by atoms with van der Waals surface area (Å²) in [7, 11) is 0. The molecule has 2 nitrogen and oxygen atoms in total. The van der Waals surface area contributed by atoms with Crippen LogP contribution in [0.3, 0.4) is 0 Å². The van der Waals surface area contributed by atoms with Gasteiger partial charge in [0.05, 0.1) is 6.07 Å². The minimum atomic E-state index is 0.737. The van der Waals surface area contributed by atoms with Gasteiger partial charge in [0.2, 0.25) is 0 Å². The molecule has 4 fully saturated rings. The minimum Gasteiger partial charge on any atom is -0.303 e. The molecule has 3 saturated carbocycles. The van der Waals surface area contributed by atoms with Crippen LogP contribution in [0.1, 0.15) is 64.2 Å². The lowest BCUT2D eigenvalue weighted by molar-refractivity contribution is 0.0152. The van der Waals surface area contributed by atoms with Crippen LogP contribution < -0.4 is 0 Å². The maximum atomic E-state index is 8.76. The molecule has 122 valence electrons. The molecule has 0 aromatic heterocycles. The van der Waals surface area contributed by atoms with Gasteiger partial charge in [-0.2, -0.15) is 5.26 Å². The summed E-state index contributed by atoms with van der Waals surface area (Å²) in [6, 6.07) is 2.31. The first-order valence-corrected chi connectivity index (χ1v) is 9.96. The third-order valence-corrected chi connectivity index (χ3v) is 7.72. The van der Waals surface area contributed by atoms with Gasteiger partial charge >= 0.3 is 0 Å². The highest BCUT2D eigenvalue weighted by molar-refractivity contribution is 5.01. The van der Waals surface area contributed by atoms with Gasteiger partial charge < -0.3 is 4.90 Å². The van der Waals surface area contributed by atoms with Crippen molar-refractivity contribution in [2.75, 3.05) is 19.6 Å². The zero-order chi connectivity index (χ0) is 14.9. The Morgan fingerprint density at radius 1 is 0.864 bits per heavy atom. The predicted molar refractivity (Wildman–Crippen MR) is 89.2 cm³/mol. The van der Waals surface area contributed by atoms with Crippen molar-refractivity contribution in [3.63, 3.8) is 0 Å². The van der Waals surface area contributed by atoms with Crippen LogP contribution in [0.15, 0.2) is 0 Å². The Kier molecular flexibility index (Phi) is 4.45. The molecule has 0 amide bonds. The van der Waals surface area contributed by atoms with Gasteiger partial charge in [-0.25, -0.2) is 0 Å². The molecule has 0 radical (unpaired) electrons. The molecule has 1 saturated heterocycles. The van der Waals surface area contributed by atoms with Gasteiger partial charge in [-0.15, -0.1) is 0 Å². The first kappa shape index (κ1) is 15.0. The Balaban J connectivity index is 1.42. The summed E-state index contributed by atoms with van der Waals surface area (Å²) in [5.41, 5.74) is 0. The Labute approximate surface area is 136 Å². The number of nitrogens with zero attached hydrogens (tertiary/aromatic N) is 2. The van der Waals surface area contributed by atoms with Crippen LogP contribution >= 0.6 is 0 Å². The lowest BCUT2D eigenvalue weighted by atomic mass is 9.63. The fourth-order valence-electron chi connectivity index (χ4n) is 6.79. The summed E-state index contributed by atoms with van der Waals surface area (Å²) >= 11 is 0. The molecule has 22 heavy (non-hydrogen) atoms. The lowest BCUT2D eigenvalue weighted by Crippen LogP contribution is -2.47. The number of rotatable bonds is 3. The van der Waals surface area contributed by atoms with E-state index in [0.717, 1.165) is 48.3 Å². The predicted octanol–water partition coefficient (Wildman–Crippen LogP) is 4.46. The molecule has 2 heteroatoms. The molecule has 3 aliphatic carbocycles. The maximum absolute atomic E-state index is 8.76. The van der Waals surface area contributed by atoms with E-state index in [2.05, 4.69) is 11.0 Å². The highest BCUT2D eigenvalue weighted by Gasteiger charge is 2.51. The second-order valence-corrected chi connectivity index (χ2v) is 8.62. The van der Waals surface area contributed by atoms with E-state index in [0.29, 0.717) is 0 Å². The third-order valence-electron chi connectivity index (χ3n) is 7.72. The summed E-state index contributed by atoms with van der Waals surface area (Å²) < 4.78 is 0. The Morgan fingerprint density at radius 2 is 1.77 bits per heavy atom. The lowest BCUT2D eigenvalue weighted by Gasteiger charge is -2.47. The van der Waals surface area contributed by atoms with Gasteiger partial charge in [0, 0.05) is 13.0 Å². The number of hydrogen-bond acceptors (Lipinski definition) is 2. The fourth-order valence-corrected chi connectivity index (χ4v) is 6.79. The zero-order valence-corrected chi connectivity index (χ0v) is 14.1. The standard InChI is InChI=1S/C20H32N2/c21-10-3-4-11-22-12-9-15-7-8-18-17-6-2-1-5-16(17)13-19(18)20(15)14-22/h15-20H,1-9,11-14H2. The number of hydrogen-bond donors (Lipinski definition) is 0. The maximum Gasteiger partial charge on any atom is 0.0622 e. The number of fused-ring (bicyclic) bond motifs is 5. The first-order valence-electron chi connectivity index (χ1n) is 9.96. The highest BCUT2D eigenvalue weighted by atomic mass is 15.1. The van der Waals surface area contributed by atoms with Crippen LogP contribution in [0.25, 0.3) is 0 Å². The number of nitriles is 1. The van der Waals surface area contributed by atoms with Crippen molar-refractivity contribution < 1.29 is 0 Å². The summed E-state index contributed by atoms with van der Waals surface area (Å²) in [6.45, 7) is 3.83. The molecule has 4 rings (SSSR count). The van der Waals surface area contributed by atoms with Gasteiger partial charge in [-0.3, -0.25) is 0 Å². The molecule has 1 aliphatic heterocycles. The van der Waals surface area contributed by atoms with Crippen molar-refractivity contribution in [2.45, 2.75) is 64.2 Å². The van der Waals surface area contributed by atoms with Crippen molar-refractivity contribution in [1.82, 2.24) is 4.90 Å².